The van der Waals surface area contributed by atoms with E-state index in [4.69, 9.17) is 17.2 Å². The number of carbonyl (C=O) groups is 2. The predicted octanol–water partition coefficient (Wildman–Crippen LogP) is 0.599. The maximum atomic E-state index is 14.0. The number of halogens is 1. The van der Waals surface area contributed by atoms with Crippen LogP contribution in [-0.2, 0) is 4.79 Å². The molecule has 6 N–H and O–H groups in total. The second kappa shape index (κ2) is 5.99. The topological polar surface area (TPSA) is 115 Å². The maximum Gasteiger partial charge on any atom is 0.250 e. The van der Waals surface area contributed by atoms with Gasteiger partial charge in [0, 0.05) is 25.2 Å². The molecule has 1 aromatic rings. The van der Waals surface area contributed by atoms with Gasteiger partial charge in [0.05, 0.1) is 11.3 Å². The van der Waals surface area contributed by atoms with E-state index in [9.17, 15) is 14.0 Å². The van der Waals surface area contributed by atoms with E-state index in [-0.39, 0.29) is 23.1 Å². The lowest BCUT2D eigenvalue weighted by Gasteiger charge is -2.33. The molecule has 0 spiro atoms. The lowest BCUT2D eigenvalue weighted by atomic mass is 9.93. The summed E-state index contributed by atoms with van der Waals surface area (Å²) >= 11 is 0. The molecular weight excluding hydrogens is 275 g/mol. The predicted molar refractivity (Wildman–Crippen MR) is 78.1 cm³/mol. The van der Waals surface area contributed by atoms with Crippen LogP contribution in [0.15, 0.2) is 12.1 Å². The number of anilines is 2. The third-order valence-corrected chi connectivity index (χ3v) is 3.83. The molecule has 0 radical (unpaired) electrons. The molecular formula is C14H19FN4O2. The van der Waals surface area contributed by atoms with Crippen LogP contribution in [0.5, 0.6) is 0 Å². The van der Waals surface area contributed by atoms with Gasteiger partial charge in [-0.15, -0.1) is 0 Å². The first-order valence-electron chi connectivity index (χ1n) is 6.80. The van der Waals surface area contributed by atoms with Crippen molar-refractivity contribution in [2.45, 2.75) is 19.3 Å². The normalized spacial score (nSPS) is 16.0. The quantitative estimate of drug-likeness (QED) is 0.705. The number of primary amides is 2. The Morgan fingerprint density at radius 1 is 1.24 bits per heavy atom. The minimum atomic E-state index is -0.683. The van der Waals surface area contributed by atoms with Crippen LogP contribution in [0, 0.1) is 11.7 Å². The molecule has 1 heterocycles. The summed E-state index contributed by atoms with van der Waals surface area (Å²) in [6, 6.07) is 2.51. The van der Waals surface area contributed by atoms with E-state index in [1.165, 1.54) is 6.07 Å². The molecule has 0 aromatic heterocycles. The lowest BCUT2D eigenvalue weighted by molar-refractivity contribution is -0.119. The van der Waals surface area contributed by atoms with Gasteiger partial charge < -0.3 is 22.1 Å². The highest BCUT2D eigenvalue weighted by atomic mass is 19.1. The number of carbonyl (C=O) groups excluding carboxylic acids is 2. The molecule has 2 rings (SSSR count). The second-order valence-electron chi connectivity index (χ2n) is 5.36. The molecule has 1 aliphatic rings. The van der Waals surface area contributed by atoms with E-state index < -0.39 is 11.7 Å². The monoisotopic (exact) mass is 294 g/mol. The Morgan fingerprint density at radius 2 is 1.86 bits per heavy atom. The highest BCUT2D eigenvalue weighted by Gasteiger charge is 2.23. The van der Waals surface area contributed by atoms with Crippen molar-refractivity contribution in [3.8, 4) is 0 Å². The van der Waals surface area contributed by atoms with Crippen LogP contribution in [-0.4, -0.2) is 24.9 Å². The third-order valence-electron chi connectivity index (χ3n) is 3.83. The summed E-state index contributed by atoms with van der Waals surface area (Å²) in [5, 5.41) is 0. The Kier molecular flexibility index (Phi) is 4.30. The summed E-state index contributed by atoms with van der Waals surface area (Å²) in [6.07, 6.45) is 1.85. The number of nitrogen functional groups attached to an aromatic ring is 1. The van der Waals surface area contributed by atoms with Crippen LogP contribution in [0.1, 0.15) is 29.6 Å². The lowest BCUT2D eigenvalue weighted by Crippen LogP contribution is -2.35. The molecule has 6 nitrogen and oxygen atoms in total. The van der Waals surface area contributed by atoms with E-state index in [2.05, 4.69) is 0 Å². The highest BCUT2D eigenvalue weighted by Crippen LogP contribution is 2.30. The van der Waals surface area contributed by atoms with Gasteiger partial charge in [0.2, 0.25) is 5.91 Å². The number of hydrogen-bond donors (Lipinski definition) is 3. The van der Waals surface area contributed by atoms with Crippen molar-refractivity contribution in [2.24, 2.45) is 17.4 Å². The molecule has 1 aliphatic heterocycles. The van der Waals surface area contributed by atoms with Crippen LogP contribution in [0.3, 0.4) is 0 Å². The van der Waals surface area contributed by atoms with E-state index in [1.807, 2.05) is 4.90 Å². The number of nitrogens with zero attached hydrogens (tertiary/aromatic N) is 1. The van der Waals surface area contributed by atoms with E-state index in [1.54, 1.807) is 0 Å². The van der Waals surface area contributed by atoms with Crippen LogP contribution < -0.4 is 22.1 Å². The van der Waals surface area contributed by atoms with Crippen molar-refractivity contribution < 1.29 is 14.0 Å². The molecule has 0 aliphatic carbocycles. The Balaban J connectivity index is 2.15. The summed E-state index contributed by atoms with van der Waals surface area (Å²) in [4.78, 5) is 24.0. The summed E-state index contributed by atoms with van der Waals surface area (Å²) in [5.41, 5.74) is 16.5. The summed E-state index contributed by atoms with van der Waals surface area (Å²) in [6.45, 7) is 1.19. The number of piperidine rings is 1. The van der Waals surface area contributed by atoms with Crippen molar-refractivity contribution in [3.05, 3.63) is 23.5 Å². The zero-order valence-electron chi connectivity index (χ0n) is 11.6. The Labute approximate surface area is 122 Å². The van der Waals surface area contributed by atoms with Gasteiger partial charge in [0.25, 0.3) is 5.91 Å². The first kappa shape index (κ1) is 15.1. The minimum Gasteiger partial charge on any atom is -0.398 e. The van der Waals surface area contributed by atoms with Gasteiger partial charge in [0.1, 0.15) is 5.82 Å². The Bertz CT molecular complexity index is 568. The molecule has 0 saturated carbocycles. The molecule has 2 amide bonds. The van der Waals surface area contributed by atoms with Gasteiger partial charge in [-0.3, -0.25) is 9.59 Å². The van der Waals surface area contributed by atoms with Crippen molar-refractivity contribution in [1.82, 2.24) is 0 Å². The maximum absolute atomic E-state index is 14.0. The van der Waals surface area contributed by atoms with Crippen LogP contribution >= 0.6 is 0 Å². The van der Waals surface area contributed by atoms with Crippen LogP contribution in [0.25, 0.3) is 0 Å². The number of hydrogen-bond acceptors (Lipinski definition) is 4. The Hall–Kier alpha value is -2.31. The molecule has 0 atom stereocenters. The van der Waals surface area contributed by atoms with Crippen molar-refractivity contribution >= 4 is 23.2 Å². The number of benzene rings is 1. The molecule has 0 bridgehead atoms. The largest absolute Gasteiger partial charge is 0.398 e. The Morgan fingerprint density at radius 3 is 2.38 bits per heavy atom. The standard InChI is InChI=1S/C14H19FN4O2/c15-10-7-11(16)9(14(18)21)6-12(10)19-3-1-8(2-4-19)5-13(17)20/h6-8H,1-5,16H2,(H2,17,20)(H2,18,21). The zero-order chi connectivity index (χ0) is 15.6. The van der Waals surface area contributed by atoms with Crippen LogP contribution in [0.4, 0.5) is 15.8 Å². The molecule has 1 aromatic carbocycles. The number of amides is 2. The van der Waals surface area contributed by atoms with Gasteiger partial charge in [-0.05, 0) is 30.9 Å². The van der Waals surface area contributed by atoms with Crippen molar-refractivity contribution in [3.63, 3.8) is 0 Å². The average Bonchev–Trinajstić information content (AvgIpc) is 2.39. The molecule has 1 saturated heterocycles. The van der Waals surface area contributed by atoms with E-state index in [0.29, 0.717) is 25.2 Å². The fourth-order valence-electron chi connectivity index (χ4n) is 2.70. The van der Waals surface area contributed by atoms with Crippen molar-refractivity contribution in [1.29, 1.82) is 0 Å². The summed E-state index contributed by atoms with van der Waals surface area (Å²) < 4.78 is 14.0. The average molecular weight is 294 g/mol. The summed E-state index contributed by atoms with van der Waals surface area (Å²) in [7, 11) is 0. The molecule has 7 heteroatoms. The van der Waals surface area contributed by atoms with E-state index in [0.717, 1.165) is 18.9 Å². The van der Waals surface area contributed by atoms with E-state index >= 15 is 0 Å². The minimum absolute atomic E-state index is 0.0346. The van der Waals surface area contributed by atoms with Gasteiger partial charge >= 0.3 is 0 Å². The smallest absolute Gasteiger partial charge is 0.250 e. The fraction of sp³-hybridized carbons (Fsp3) is 0.429. The second-order valence-corrected chi connectivity index (χ2v) is 5.36. The summed E-state index contributed by atoms with van der Waals surface area (Å²) in [5.74, 6) is -1.25. The molecule has 114 valence electrons. The van der Waals surface area contributed by atoms with Gasteiger partial charge in [-0.25, -0.2) is 4.39 Å². The molecule has 1 fully saturated rings. The SMILES string of the molecule is NC(=O)CC1CCN(c2cc(C(N)=O)c(N)cc2F)CC1. The third kappa shape index (κ3) is 3.42. The number of rotatable bonds is 4. The molecule has 0 unspecified atom stereocenters. The van der Waals surface area contributed by atoms with Gasteiger partial charge in [-0.2, -0.15) is 0 Å². The number of nitrogens with two attached hydrogens (primary N) is 3. The van der Waals surface area contributed by atoms with Gasteiger partial charge in [-0.1, -0.05) is 0 Å². The van der Waals surface area contributed by atoms with Crippen LogP contribution in [0.2, 0.25) is 0 Å². The zero-order valence-corrected chi connectivity index (χ0v) is 11.6. The highest BCUT2D eigenvalue weighted by molar-refractivity contribution is 5.99. The molecule has 21 heavy (non-hydrogen) atoms. The first-order valence-corrected chi connectivity index (χ1v) is 6.80. The fourth-order valence-corrected chi connectivity index (χ4v) is 2.70. The first-order chi connectivity index (χ1) is 9.88. The van der Waals surface area contributed by atoms with Crippen molar-refractivity contribution in [2.75, 3.05) is 23.7 Å². The van der Waals surface area contributed by atoms with Gasteiger partial charge in [0.15, 0.2) is 0 Å².